The number of aliphatic carboxylic acids is 2. The predicted molar refractivity (Wildman–Crippen MR) is 143 cm³/mol. The second-order valence-corrected chi connectivity index (χ2v) is 8.47. The van der Waals surface area contributed by atoms with E-state index >= 15 is 0 Å². The normalized spacial score (nSPS) is 10.9. The average molecular weight is 639 g/mol. The number of nitrogens with one attached hydrogen (secondary N) is 2. The van der Waals surface area contributed by atoms with Gasteiger partial charge in [0, 0.05) is 24.4 Å². The highest BCUT2D eigenvalue weighted by molar-refractivity contribution is 5.94. The van der Waals surface area contributed by atoms with E-state index in [2.05, 4.69) is 15.5 Å². The quantitative estimate of drug-likeness (QED) is 0.235. The standard InChI is InChI=1S/C22H26N4O4.2C2HF3O2/c1-26(2)9-10-29-21-11-16(17-13-23-24-14-17)7-8-20(21)25-22(27)15-30-19-6-4-5-18(12-19)28-3;2*3-2(4,5)1(6)7/h4-8,11-14H,9-10,15H2,1-3H3,(H,23,24)(H,25,27);2*(H,6,7). The highest BCUT2D eigenvalue weighted by atomic mass is 19.4. The number of ether oxygens (including phenoxy) is 3. The van der Waals surface area contributed by atoms with Gasteiger partial charge in [-0.25, -0.2) is 9.59 Å². The first kappa shape index (κ1) is 37.0. The van der Waals surface area contributed by atoms with E-state index in [9.17, 15) is 31.1 Å². The first-order valence-electron chi connectivity index (χ1n) is 12.0. The number of hydrogen-bond donors (Lipinski definition) is 4. The number of carboxylic acids is 2. The van der Waals surface area contributed by atoms with E-state index in [0.29, 0.717) is 29.5 Å². The number of alkyl halides is 6. The van der Waals surface area contributed by atoms with Crippen LogP contribution in [0.25, 0.3) is 11.1 Å². The van der Waals surface area contributed by atoms with Gasteiger partial charge in [-0.1, -0.05) is 12.1 Å². The zero-order valence-corrected chi connectivity index (χ0v) is 23.3. The van der Waals surface area contributed by atoms with Crippen LogP contribution in [0.3, 0.4) is 0 Å². The molecule has 44 heavy (non-hydrogen) atoms. The lowest BCUT2D eigenvalue weighted by molar-refractivity contribution is -0.193. The minimum Gasteiger partial charge on any atom is -0.497 e. The molecule has 3 rings (SSSR count). The fourth-order valence-electron chi connectivity index (χ4n) is 2.70. The number of rotatable bonds is 10. The summed E-state index contributed by atoms with van der Waals surface area (Å²) in [5, 5.41) is 23.9. The summed E-state index contributed by atoms with van der Waals surface area (Å²) in [5.74, 6) is -3.99. The summed E-state index contributed by atoms with van der Waals surface area (Å²) in [6, 6.07) is 12.7. The van der Waals surface area contributed by atoms with E-state index in [1.165, 1.54) is 0 Å². The molecule has 0 aliphatic heterocycles. The zero-order chi connectivity index (χ0) is 33.5. The lowest BCUT2D eigenvalue weighted by Gasteiger charge is -2.16. The number of aromatic amines is 1. The molecule has 1 aromatic heterocycles. The summed E-state index contributed by atoms with van der Waals surface area (Å²) < 4.78 is 80.1. The van der Waals surface area contributed by atoms with E-state index in [0.717, 1.165) is 17.7 Å². The maximum absolute atomic E-state index is 12.4. The molecule has 3 aromatic rings. The van der Waals surface area contributed by atoms with Crippen molar-refractivity contribution in [3.63, 3.8) is 0 Å². The summed E-state index contributed by atoms with van der Waals surface area (Å²) in [4.78, 5) is 32.3. The fraction of sp³-hybridized carbons (Fsp3) is 0.308. The maximum Gasteiger partial charge on any atom is 0.490 e. The number of benzene rings is 2. The van der Waals surface area contributed by atoms with Crippen molar-refractivity contribution in [1.29, 1.82) is 0 Å². The van der Waals surface area contributed by atoms with Crippen molar-refractivity contribution in [1.82, 2.24) is 15.1 Å². The van der Waals surface area contributed by atoms with Crippen molar-refractivity contribution < 1.29 is 65.1 Å². The predicted octanol–water partition coefficient (Wildman–Crippen LogP) is 4.31. The van der Waals surface area contributed by atoms with Crippen LogP contribution in [0.1, 0.15) is 0 Å². The molecule has 12 nitrogen and oxygen atoms in total. The van der Waals surface area contributed by atoms with Crippen LogP contribution in [-0.2, 0) is 14.4 Å². The molecule has 242 valence electrons. The summed E-state index contributed by atoms with van der Waals surface area (Å²) in [7, 11) is 5.53. The second-order valence-electron chi connectivity index (χ2n) is 8.47. The molecular formula is C26H28F6N4O8. The Hall–Kier alpha value is -5.00. The Bertz CT molecular complexity index is 1330. The summed E-state index contributed by atoms with van der Waals surface area (Å²) in [6.07, 6.45) is -6.63. The molecule has 0 saturated carbocycles. The van der Waals surface area contributed by atoms with Gasteiger partial charge in [0.1, 0.15) is 23.9 Å². The van der Waals surface area contributed by atoms with Gasteiger partial charge < -0.3 is 34.6 Å². The number of methoxy groups -OCH3 is 1. The van der Waals surface area contributed by atoms with Gasteiger partial charge in [0.25, 0.3) is 5.91 Å². The molecule has 0 saturated heterocycles. The molecule has 0 spiro atoms. The molecule has 0 unspecified atom stereocenters. The average Bonchev–Trinajstić information content (AvgIpc) is 3.47. The monoisotopic (exact) mass is 638 g/mol. The van der Waals surface area contributed by atoms with Crippen molar-refractivity contribution in [2.45, 2.75) is 12.4 Å². The molecule has 4 N–H and O–H groups in total. The molecule has 0 atom stereocenters. The van der Waals surface area contributed by atoms with Crippen molar-refractivity contribution in [2.24, 2.45) is 0 Å². The third-order valence-electron chi connectivity index (χ3n) is 4.78. The SMILES string of the molecule is COc1cccc(OCC(=O)Nc2ccc(-c3cn[nH]c3)cc2OCCN(C)C)c1.O=C(O)C(F)(F)F.O=C(O)C(F)(F)F. The lowest BCUT2D eigenvalue weighted by atomic mass is 10.1. The smallest absolute Gasteiger partial charge is 0.490 e. The number of carbonyl (C=O) groups excluding carboxylic acids is 1. The third kappa shape index (κ3) is 14.3. The Morgan fingerprint density at radius 1 is 0.909 bits per heavy atom. The van der Waals surface area contributed by atoms with E-state index in [4.69, 9.17) is 34.0 Å². The van der Waals surface area contributed by atoms with E-state index in [-0.39, 0.29) is 12.5 Å². The van der Waals surface area contributed by atoms with Crippen LogP contribution in [0.15, 0.2) is 54.9 Å². The van der Waals surface area contributed by atoms with Crippen LogP contribution >= 0.6 is 0 Å². The minimum absolute atomic E-state index is 0.131. The van der Waals surface area contributed by atoms with Crippen molar-refractivity contribution in [3.05, 3.63) is 54.9 Å². The van der Waals surface area contributed by atoms with Crippen LogP contribution in [-0.4, -0.2) is 96.5 Å². The molecule has 1 heterocycles. The van der Waals surface area contributed by atoms with Gasteiger partial charge in [0.2, 0.25) is 0 Å². The molecule has 1 amide bonds. The number of halogens is 6. The summed E-state index contributed by atoms with van der Waals surface area (Å²) in [5.41, 5.74) is 2.46. The lowest BCUT2D eigenvalue weighted by Crippen LogP contribution is -2.22. The summed E-state index contributed by atoms with van der Waals surface area (Å²) >= 11 is 0. The van der Waals surface area contributed by atoms with Crippen molar-refractivity contribution >= 4 is 23.5 Å². The molecule has 18 heteroatoms. The summed E-state index contributed by atoms with van der Waals surface area (Å²) in [6.45, 7) is 1.11. The molecule has 0 bridgehead atoms. The topological polar surface area (TPSA) is 163 Å². The number of hydrogen-bond acceptors (Lipinski definition) is 8. The third-order valence-corrected chi connectivity index (χ3v) is 4.78. The number of likely N-dealkylation sites (N-methyl/N-ethyl adjacent to an activating group) is 1. The highest BCUT2D eigenvalue weighted by Gasteiger charge is 2.38. The number of aromatic nitrogens is 2. The molecule has 0 aliphatic rings. The Balaban J connectivity index is 0.000000574. The van der Waals surface area contributed by atoms with Gasteiger partial charge >= 0.3 is 24.3 Å². The number of anilines is 1. The van der Waals surface area contributed by atoms with Crippen molar-refractivity contribution in [3.8, 4) is 28.4 Å². The van der Waals surface area contributed by atoms with Crippen molar-refractivity contribution in [2.75, 3.05) is 46.3 Å². The highest BCUT2D eigenvalue weighted by Crippen LogP contribution is 2.31. The van der Waals surface area contributed by atoms with Crippen LogP contribution in [0.4, 0.5) is 32.0 Å². The first-order chi connectivity index (χ1) is 20.4. The van der Waals surface area contributed by atoms with Crippen LogP contribution in [0, 0.1) is 0 Å². The Labute approximate surface area is 246 Å². The molecular weight excluding hydrogens is 610 g/mol. The maximum atomic E-state index is 12.4. The molecule has 2 aromatic carbocycles. The number of carbonyl (C=O) groups is 3. The fourth-order valence-corrected chi connectivity index (χ4v) is 2.70. The van der Waals surface area contributed by atoms with Crippen LogP contribution < -0.4 is 19.5 Å². The van der Waals surface area contributed by atoms with E-state index < -0.39 is 24.3 Å². The van der Waals surface area contributed by atoms with Gasteiger partial charge in [-0.2, -0.15) is 31.4 Å². The number of carboxylic acid groups (broad SMARTS) is 2. The first-order valence-corrected chi connectivity index (χ1v) is 12.0. The molecule has 0 fully saturated rings. The van der Waals surface area contributed by atoms with Gasteiger partial charge in [-0.3, -0.25) is 9.89 Å². The zero-order valence-electron chi connectivity index (χ0n) is 23.3. The van der Waals surface area contributed by atoms with Gasteiger partial charge in [0.05, 0.1) is 19.0 Å². The molecule has 0 aliphatic carbocycles. The second kappa shape index (κ2) is 17.2. The van der Waals surface area contributed by atoms with Crippen LogP contribution in [0.2, 0.25) is 0 Å². The number of amides is 1. The number of nitrogens with zero attached hydrogens (tertiary/aromatic N) is 2. The molecule has 0 radical (unpaired) electrons. The van der Waals surface area contributed by atoms with E-state index in [1.54, 1.807) is 37.7 Å². The minimum atomic E-state index is -5.08. The van der Waals surface area contributed by atoms with Gasteiger partial charge in [-0.15, -0.1) is 0 Å². The Morgan fingerprint density at radius 2 is 1.50 bits per heavy atom. The van der Waals surface area contributed by atoms with E-state index in [1.807, 2.05) is 43.3 Å². The van der Waals surface area contributed by atoms with Gasteiger partial charge in [-0.05, 0) is 43.9 Å². The largest absolute Gasteiger partial charge is 0.497 e. The number of H-pyrrole nitrogens is 1. The Morgan fingerprint density at radius 3 is 2.00 bits per heavy atom. The van der Waals surface area contributed by atoms with Gasteiger partial charge in [0.15, 0.2) is 6.61 Å². The van der Waals surface area contributed by atoms with Crippen LogP contribution in [0.5, 0.6) is 17.2 Å². The Kier molecular flexibility index (Phi) is 14.5.